The van der Waals surface area contributed by atoms with Crippen molar-refractivity contribution in [3.63, 3.8) is 0 Å². The van der Waals surface area contributed by atoms with E-state index < -0.39 is 18.5 Å². The lowest BCUT2D eigenvalue weighted by Gasteiger charge is -2.20. The lowest BCUT2D eigenvalue weighted by Crippen LogP contribution is -2.42. The molecule has 19 heavy (non-hydrogen) atoms. The summed E-state index contributed by atoms with van der Waals surface area (Å²) >= 11 is 0. The largest absolute Gasteiger partial charge is 0.480 e. The Hall–Kier alpha value is -2.66. The molecule has 0 saturated heterocycles. The number of aliphatic carboxylic acids is 1. The van der Waals surface area contributed by atoms with Crippen LogP contribution in [0, 0.1) is 0 Å². The molecule has 0 unspecified atom stereocenters. The van der Waals surface area contributed by atoms with Gasteiger partial charge in [0, 0.05) is 6.54 Å². The van der Waals surface area contributed by atoms with Crippen LogP contribution >= 0.6 is 0 Å². The lowest BCUT2D eigenvalue weighted by atomic mass is 10.2. The van der Waals surface area contributed by atoms with E-state index in [-0.39, 0.29) is 13.2 Å². The molecule has 0 atom stereocenters. The van der Waals surface area contributed by atoms with Crippen molar-refractivity contribution in [2.45, 2.75) is 6.54 Å². The van der Waals surface area contributed by atoms with E-state index in [1.165, 1.54) is 6.08 Å². The summed E-state index contributed by atoms with van der Waals surface area (Å²) in [5.41, 5.74) is 0.804. The Balaban J connectivity index is 2.68. The van der Waals surface area contributed by atoms with E-state index in [1.807, 2.05) is 6.07 Å². The molecule has 1 aromatic rings. The van der Waals surface area contributed by atoms with Crippen LogP contribution < -0.4 is 5.32 Å². The van der Waals surface area contributed by atoms with Gasteiger partial charge >= 0.3 is 12.0 Å². The summed E-state index contributed by atoms with van der Waals surface area (Å²) in [4.78, 5) is 36.6. The van der Waals surface area contributed by atoms with Gasteiger partial charge in [-0.2, -0.15) is 4.99 Å². The summed E-state index contributed by atoms with van der Waals surface area (Å²) in [5.74, 6) is -1.12. The number of hydrogen-bond donors (Lipinski definition) is 2. The van der Waals surface area contributed by atoms with Crippen LogP contribution in [0.4, 0.5) is 4.79 Å². The molecule has 100 valence electrons. The number of carboxylic acid groups (broad SMARTS) is 1. The smallest absolute Gasteiger partial charge is 0.323 e. The molecule has 0 aliphatic rings. The Morgan fingerprint density at radius 3 is 2.58 bits per heavy atom. The predicted molar refractivity (Wildman–Crippen MR) is 66.0 cm³/mol. The molecule has 0 aliphatic carbocycles. The second-order valence-corrected chi connectivity index (χ2v) is 3.62. The summed E-state index contributed by atoms with van der Waals surface area (Å²) in [6.07, 6.45) is 1.28. The van der Waals surface area contributed by atoms with E-state index in [2.05, 4.69) is 10.3 Å². The number of carbonyl (C=O) groups is 2. The van der Waals surface area contributed by atoms with Crippen molar-refractivity contribution in [3.8, 4) is 0 Å². The zero-order valence-corrected chi connectivity index (χ0v) is 10.1. The van der Waals surface area contributed by atoms with Gasteiger partial charge in [0.2, 0.25) is 6.08 Å². The number of rotatable bonds is 6. The second-order valence-electron chi connectivity index (χ2n) is 3.62. The summed E-state index contributed by atoms with van der Waals surface area (Å²) in [6.45, 7) is -0.511. The minimum absolute atomic E-state index is 0.157. The molecule has 2 N–H and O–H groups in total. The van der Waals surface area contributed by atoms with E-state index >= 15 is 0 Å². The average molecular weight is 263 g/mol. The van der Waals surface area contributed by atoms with Crippen molar-refractivity contribution in [2.75, 3.05) is 13.2 Å². The van der Waals surface area contributed by atoms with E-state index in [1.54, 1.807) is 24.3 Å². The molecule has 1 rings (SSSR count). The zero-order valence-electron chi connectivity index (χ0n) is 10.1. The van der Waals surface area contributed by atoms with E-state index in [9.17, 15) is 14.4 Å². The van der Waals surface area contributed by atoms with Crippen molar-refractivity contribution in [1.82, 2.24) is 10.2 Å². The fourth-order valence-electron chi connectivity index (χ4n) is 1.42. The Kier molecular flexibility index (Phi) is 5.78. The molecule has 7 heteroatoms. The van der Waals surface area contributed by atoms with E-state index in [0.717, 1.165) is 10.5 Å². The molecule has 0 saturated carbocycles. The minimum Gasteiger partial charge on any atom is -0.480 e. The number of nitrogens with zero attached hydrogens (tertiary/aromatic N) is 2. The molecule has 0 spiro atoms. The first kappa shape index (κ1) is 14.4. The monoisotopic (exact) mass is 263 g/mol. The van der Waals surface area contributed by atoms with Crippen molar-refractivity contribution >= 4 is 18.1 Å². The number of isocyanates is 1. The first-order valence-electron chi connectivity index (χ1n) is 5.45. The Labute approximate surface area is 109 Å². The predicted octanol–water partition coefficient (Wildman–Crippen LogP) is 0.576. The van der Waals surface area contributed by atoms with Crippen molar-refractivity contribution in [3.05, 3.63) is 35.9 Å². The van der Waals surface area contributed by atoms with Crippen LogP contribution in [-0.2, 0) is 16.1 Å². The normalized spacial score (nSPS) is 9.26. The Morgan fingerprint density at radius 2 is 2.00 bits per heavy atom. The molecule has 0 heterocycles. The molecule has 0 aromatic heterocycles. The number of aliphatic imine (C=N–C) groups is 1. The van der Waals surface area contributed by atoms with Gasteiger partial charge in [-0.3, -0.25) is 4.79 Å². The highest BCUT2D eigenvalue weighted by Gasteiger charge is 2.16. The topological polar surface area (TPSA) is 99.1 Å². The number of carbonyl (C=O) groups excluding carboxylic acids is 2. The quantitative estimate of drug-likeness (QED) is 0.579. The molecule has 0 aliphatic heterocycles. The molecule has 2 amide bonds. The van der Waals surface area contributed by atoms with Crippen molar-refractivity contribution in [1.29, 1.82) is 0 Å². The van der Waals surface area contributed by atoms with Crippen LogP contribution in [-0.4, -0.2) is 41.3 Å². The standard InChI is InChI=1S/C12H13N3O4/c16-9-13-8-14-12(19)15(7-11(17)18)6-10-4-2-1-3-5-10/h1-5H,6-8H2,(H,14,19)(H,17,18). The van der Waals surface area contributed by atoms with Gasteiger partial charge in [0.05, 0.1) is 0 Å². The fraction of sp³-hybridized carbons (Fsp3) is 0.250. The maximum Gasteiger partial charge on any atom is 0.323 e. The number of hydrogen-bond acceptors (Lipinski definition) is 4. The fourth-order valence-corrected chi connectivity index (χ4v) is 1.42. The molecule has 0 fully saturated rings. The SMILES string of the molecule is O=C=NCNC(=O)N(CC(=O)O)Cc1ccccc1. The van der Waals surface area contributed by atoms with Crippen LogP contribution in [0.3, 0.4) is 0 Å². The minimum atomic E-state index is -1.12. The third-order valence-corrected chi connectivity index (χ3v) is 2.20. The van der Waals surface area contributed by atoms with Crippen LogP contribution in [0.5, 0.6) is 0 Å². The number of carboxylic acids is 1. The Bertz CT molecular complexity index is 483. The van der Waals surface area contributed by atoms with E-state index in [4.69, 9.17) is 5.11 Å². The van der Waals surface area contributed by atoms with Crippen LogP contribution in [0.15, 0.2) is 35.3 Å². The first-order chi connectivity index (χ1) is 9.13. The van der Waals surface area contributed by atoms with Gasteiger partial charge in [-0.05, 0) is 5.56 Å². The highest BCUT2D eigenvalue weighted by Crippen LogP contribution is 2.04. The van der Waals surface area contributed by atoms with Crippen LogP contribution in [0.2, 0.25) is 0 Å². The summed E-state index contributed by atoms with van der Waals surface area (Å²) in [5, 5.41) is 11.1. The van der Waals surface area contributed by atoms with Crippen LogP contribution in [0.1, 0.15) is 5.56 Å². The van der Waals surface area contributed by atoms with Crippen molar-refractivity contribution < 1.29 is 19.5 Å². The molecule has 0 radical (unpaired) electrons. The maximum atomic E-state index is 11.7. The molecule has 7 nitrogen and oxygen atoms in total. The lowest BCUT2D eigenvalue weighted by molar-refractivity contribution is -0.137. The Morgan fingerprint density at radius 1 is 1.32 bits per heavy atom. The average Bonchev–Trinajstić information content (AvgIpc) is 2.39. The van der Waals surface area contributed by atoms with Gasteiger partial charge in [0.1, 0.15) is 13.2 Å². The number of nitrogens with one attached hydrogen (secondary N) is 1. The highest BCUT2D eigenvalue weighted by molar-refractivity contribution is 5.80. The number of amides is 2. The zero-order chi connectivity index (χ0) is 14.1. The summed E-state index contributed by atoms with van der Waals surface area (Å²) in [6, 6.07) is 8.37. The molecular weight excluding hydrogens is 250 g/mol. The first-order valence-corrected chi connectivity index (χ1v) is 5.45. The van der Waals surface area contributed by atoms with Crippen LogP contribution in [0.25, 0.3) is 0 Å². The third-order valence-electron chi connectivity index (χ3n) is 2.20. The number of benzene rings is 1. The third kappa shape index (κ3) is 5.47. The number of urea groups is 1. The summed E-state index contributed by atoms with van der Waals surface area (Å²) < 4.78 is 0. The summed E-state index contributed by atoms with van der Waals surface area (Å²) in [7, 11) is 0. The van der Waals surface area contributed by atoms with Gasteiger partial charge in [-0.15, -0.1) is 0 Å². The van der Waals surface area contributed by atoms with Gasteiger partial charge < -0.3 is 15.3 Å². The molecule has 0 bridgehead atoms. The van der Waals surface area contributed by atoms with Crippen molar-refractivity contribution in [2.24, 2.45) is 4.99 Å². The maximum absolute atomic E-state index is 11.7. The van der Waals surface area contributed by atoms with Gasteiger partial charge in [0.25, 0.3) is 0 Å². The van der Waals surface area contributed by atoms with E-state index in [0.29, 0.717) is 0 Å². The van der Waals surface area contributed by atoms with Gasteiger partial charge in [-0.1, -0.05) is 30.3 Å². The highest BCUT2D eigenvalue weighted by atomic mass is 16.4. The molecular formula is C12H13N3O4. The second kappa shape index (κ2) is 7.62. The van der Waals surface area contributed by atoms with Gasteiger partial charge in [0.15, 0.2) is 0 Å². The van der Waals surface area contributed by atoms with Gasteiger partial charge in [-0.25, -0.2) is 9.59 Å². The molecule has 1 aromatic carbocycles.